The molecule has 1 unspecified atom stereocenters. The van der Waals surface area contributed by atoms with E-state index in [1.165, 1.54) is 0 Å². The molecule has 1 atom stereocenters. The molecule has 0 amide bonds. The molecule has 0 heterocycles. The zero-order chi connectivity index (χ0) is 11.7. The van der Waals surface area contributed by atoms with Crippen molar-refractivity contribution in [2.45, 2.75) is 53.4 Å². The first-order chi connectivity index (χ1) is 7.10. The van der Waals surface area contributed by atoms with E-state index in [1.807, 2.05) is 13.8 Å². The Labute approximate surface area is 94.1 Å². The van der Waals surface area contributed by atoms with E-state index >= 15 is 0 Å². The summed E-state index contributed by atoms with van der Waals surface area (Å²) in [5.41, 5.74) is 0. The molecule has 0 aliphatic carbocycles. The average molecular weight is 218 g/mol. The molecule has 0 aromatic rings. The maximum absolute atomic E-state index is 5.67. The Morgan fingerprint density at radius 1 is 0.867 bits per heavy atom. The second kappa shape index (κ2) is 9.13. The Kier molecular flexibility index (Phi) is 9.06. The molecule has 0 fully saturated rings. The molecule has 0 saturated heterocycles. The fourth-order valence-corrected chi connectivity index (χ4v) is 1.49. The molecule has 0 spiro atoms. The summed E-state index contributed by atoms with van der Waals surface area (Å²) in [5, 5.41) is 0. The molecule has 3 heteroatoms. The molecule has 0 bridgehead atoms. The second-order valence-electron chi connectivity index (χ2n) is 4.11. The summed E-state index contributed by atoms with van der Waals surface area (Å²) < 4.78 is 16.5. The van der Waals surface area contributed by atoms with Gasteiger partial charge in [-0.15, -0.1) is 0 Å². The Balaban J connectivity index is 3.67. The van der Waals surface area contributed by atoms with Crippen LogP contribution >= 0.6 is 0 Å². The smallest absolute Gasteiger partial charge is 0.180 e. The second-order valence-corrected chi connectivity index (χ2v) is 4.11. The topological polar surface area (TPSA) is 27.7 Å². The van der Waals surface area contributed by atoms with Crippen LogP contribution in [0.15, 0.2) is 0 Å². The average Bonchev–Trinajstić information content (AvgIpc) is 2.14. The van der Waals surface area contributed by atoms with Crippen molar-refractivity contribution in [1.29, 1.82) is 0 Å². The molecule has 0 aromatic carbocycles. The van der Waals surface area contributed by atoms with E-state index in [0.29, 0.717) is 25.7 Å². The molecular weight excluding hydrogens is 192 g/mol. The first-order valence-corrected chi connectivity index (χ1v) is 5.94. The summed E-state index contributed by atoms with van der Waals surface area (Å²) in [7, 11) is 0. The largest absolute Gasteiger partial charge is 0.373 e. The predicted octanol–water partition coefficient (Wildman–Crippen LogP) is 2.84. The fourth-order valence-electron chi connectivity index (χ4n) is 1.49. The van der Waals surface area contributed by atoms with E-state index in [1.54, 1.807) is 0 Å². The SMILES string of the molecule is CCOC(COC(C)CC(C)C)OCC. The van der Waals surface area contributed by atoms with Crippen molar-refractivity contribution in [3.05, 3.63) is 0 Å². The number of ether oxygens (including phenoxy) is 3. The van der Waals surface area contributed by atoms with Crippen LogP contribution in [0.5, 0.6) is 0 Å². The lowest BCUT2D eigenvalue weighted by Gasteiger charge is -2.20. The summed E-state index contributed by atoms with van der Waals surface area (Å²) in [6.45, 7) is 12.3. The molecule has 0 aromatic heterocycles. The van der Waals surface area contributed by atoms with Gasteiger partial charge in [-0.25, -0.2) is 0 Å². The van der Waals surface area contributed by atoms with Crippen LogP contribution in [0.1, 0.15) is 41.0 Å². The van der Waals surface area contributed by atoms with Gasteiger partial charge < -0.3 is 14.2 Å². The highest BCUT2D eigenvalue weighted by Crippen LogP contribution is 2.08. The van der Waals surface area contributed by atoms with Crippen molar-refractivity contribution in [3.63, 3.8) is 0 Å². The summed E-state index contributed by atoms with van der Waals surface area (Å²) >= 11 is 0. The van der Waals surface area contributed by atoms with Crippen LogP contribution in [0.3, 0.4) is 0 Å². The summed E-state index contributed by atoms with van der Waals surface area (Å²) in [5.74, 6) is 0.664. The van der Waals surface area contributed by atoms with Gasteiger partial charge in [0.1, 0.15) is 0 Å². The van der Waals surface area contributed by atoms with Gasteiger partial charge in [-0.2, -0.15) is 0 Å². The van der Waals surface area contributed by atoms with Crippen LogP contribution in [-0.4, -0.2) is 32.2 Å². The van der Waals surface area contributed by atoms with E-state index in [9.17, 15) is 0 Å². The molecule has 0 aliphatic rings. The standard InChI is InChI=1S/C12H26O3/c1-6-13-12(14-7-2)9-15-11(5)8-10(3)4/h10-12H,6-9H2,1-5H3. The first kappa shape index (κ1) is 14.9. The van der Waals surface area contributed by atoms with Crippen molar-refractivity contribution in [2.75, 3.05) is 19.8 Å². The maximum atomic E-state index is 5.67. The van der Waals surface area contributed by atoms with Gasteiger partial charge >= 0.3 is 0 Å². The molecular formula is C12H26O3. The van der Waals surface area contributed by atoms with Crippen LogP contribution < -0.4 is 0 Å². The number of hydrogen-bond acceptors (Lipinski definition) is 3. The van der Waals surface area contributed by atoms with Gasteiger partial charge in [-0.3, -0.25) is 0 Å². The quantitative estimate of drug-likeness (QED) is 0.557. The van der Waals surface area contributed by atoms with Gasteiger partial charge in [0, 0.05) is 13.2 Å². The highest BCUT2D eigenvalue weighted by atomic mass is 16.7. The van der Waals surface area contributed by atoms with Crippen molar-refractivity contribution >= 4 is 0 Å². The third kappa shape index (κ3) is 8.85. The predicted molar refractivity (Wildman–Crippen MR) is 61.9 cm³/mol. The van der Waals surface area contributed by atoms with Crippen molar-refractivity contribution in [3.8, 4) is 0 Å². The Bertz CT molecular complexity index is 131. The van der Waals surface area contributed by atoms with E-state index < -0.39 is 0 Å². The molecule has 0 aliphatic heterocycles. The molecule has 0 radical (unpaired) electrons. The number of rotatable bonds is 9. The highest BCUT2D eigenvalue weighted by molar-refractivity contribution is 4.55. The fraction of sp³-hybridized carbons (Fsp3) is 1.00. The van der Waals surface area contributed by atoms with Gasteiger partial charge in [-0.05, 0) is 33.1 Å². The minimum absolute atomic E-state index is 0.213. The van der Waals surface area contributed by atoms with Gasteiger partial charge in [0.15, 0.2) is 6.29 Å². The van der Waals surface area contributed by atoms with Gasteiger partial charge in [0.05, 0.1) is 12.7 Å². The van der Waals surface area contributed by atoms with Crippen molar-refractivity contribution < 1.29 is 14.2 Å². The third-order valence-corrected chi connectivity index (χ3v) is 2.03. The Hall–Kier alpha value is -0.120. The van der Waals surface area contributed by atoms with Gasteiger partial charge in [-0.1, -0.05) is 13.8 Å². The van der Waals surface area contributed by atoms with Crippen LogP contribution in [-0.2, 0) is 14.2 Å². The lowest BCUT2D eigenvalue weighted by Crippen LogP contribution is -2.26. The van der Waals surface area contributed by atoms with Crippen LogP contribution in [0.2, 0.25) is 0 Å². The Morgan fingerprint density at radius 2 is 1.40 bits per heavy atom. The van der Waals surface area contributed by atoms with E-state index in [4.69, 9.17) is 14.2 Å². The molecule has 0 saturated carbocycles. The van der Waals surface area contributed by atoms with Gasteiger partial charge in [0.25, 0.3) is 0 Å². The van der Waals surface area contributed by atoms with E-state index in [0.717, 1.165) is 6.42 Å². The minimum Gasteiger partial charge on any atom is -0.373 e. The lowest BCUT2D eigenvalue weighted by atomic mass is 10.1. The van der Waals surface area contributed by atoms with E-state index in [-0.39, 0.29) is 12.4 Å². The lowest BCUT2D eigenvalue weighted by molar-refractivity contribution is -0.175. The third-order valence-electron chi connectivity index (χ3n) is 2.03. The molecule has 92 valence electrons. The normalized spacial score (nSPS) is 13.8. The summed E-state index contributed by atoms with van der Waals surface area (Å²) in [6.07, 6.45) is 1.13. The van der Waals surface area contributed by atoms with Crippen LogP contribution in [0.25, 0.3) is 0 Å². The summed E-state index contributed by atoms with van der Waals surface area (Å²) in [6, 6.07) is 0. The maximum Gasteiger partial charge on any atom is 0.180 e. The van der Waals surface area contributed by atoms with Crippen molar-refractivity contribution in [2.24, 2.45) is 5.92 Å². The molecule has 3 nitrogen and oxygen atoms in total. The first-order valence-electron chi connectivity index (χ1n) is 5.94. The van der Waals surface area contributed by atoms with Crippen LogP contribution in [0, 0.1) is 5.92 Å². The van der Waals surface area contributed by atoms with Crippen molar-refractivity contribution in [1.82, 2.24) is 0 Å². The zero-order valence-electron chi connectivity index (χ0n) is 10.8. The monoisotopic (exact) mass is 218 g/mol. The molecule has 0 rings (SSSR count). The van der Waals surface area contributed by atoms with E-state index in [2.05, 4.69) is 20.8 Å². The molecule has 15 heavy (non-hydrogen) atoms. The Morgan fingerprint density at radius 3 is 1.80 bits per heavy atom. The zero-order valence-corrected chi connectivity index (χ0v) is 10.8. The summed E-state index contributed by atoms with van der Waals surface area (Å²) in [4.78, 5) is 0. The van der Waals surface area contributed by atoms with Gasteiger partial charge in [0.2, 0.25) is 0 Å². The minimum atomic E-state index is -0.213. The number of hydrogen-bond donors (Lipinski definition) is 0. The molecule has 0 N–H and O–H groups in total. The highest BCUT2D eigenvalue weighted by Gasteiger charge is 2.11. The van der Waals surface area contributed by atoms with Crippen LogP contribution in [0.4, 0.5) is 0 Å².